The van der Waals surface area contributed by atoms with Crippen molar-refractivity contribution in [3.63, 3.8) is 0 Å². The number of benzene rings is 1. The Morgan fingerprint density at radius 3 is 2.71 bits per heavy atom. The van der Waals surface area contributed by atoms with Crippen LogP contribution in [0.4, 0.5) is 0 Å². The first-order valence-electron chi connectivity index (χ1n) is 6.27. The van der Waals surface area contributed by atoms with Gasteiger partial charge >= 0.3 is 0 Å². The highest BCUT2D eigenvalue weighted by atomic mass is 79.9. The van der Waals surface area contributed by atoms with Gasteiger partial charge < -0.3 is 4.74 Å². The van der Waals surface area contributed by atoms with Crippen molar-refractivity contribution in [2.45, 2.75) is 0 Å². The van der Waals surface area contributed by atoms with Gasteiger partial charge in [-0.15, -0.1) is 11.3 Å². The molecule has 1 heterocycles. The predicted molar refractivity (Wildman–Crippen MR) is 86.5 cm³/mol. The van der Waals surface area contributed by atoms with Gasteiger partial charge in [-0.3, -0.25) is 10.0 Å². The van der Waals surface area contributed by atoms with Crippen LogP contribution < -0.4 is 4.74 Å². The number of nitrogens with zero attached hydrogens (tertiary/aromatic N) is 1. The molecule has 1 aromatic carbocycles. The lowest BCUT2D eigenvalue weighted by Gasteiger charge is -2.13. The Hall–Kier alpha value is -1.63. The summed E-state index contributed by atoms with van der Waals surface area (Å²) in [6, 6.07) is 13.0. The quantitative estimate of drug-likeness (QED) is 0.479. The van der Waals surface area contributed by atoms with E-state index >= 15 is 0 Å². The van der Waals surface area contributed by atoms with E-state index in [0.717, 1.165) is 8.66 Å². The molecule has 0 aliphatic rings. The molecule has 1 aromatic heterocycles. The van der Waals surface area contributed by atoms with Crippen LogP contribution in [0.5, 0.6) is 5.75 Å². The molecule has 0 bridgehead atoms. The average molecular weight is 368 g/mol. The minimum Gasteiger partial charge on any atom is -0.492 e. The van der Waals surface area contributed by atoms with E-state index in [0.29, 0.717) is 10.8 Å². The molecule has 0 fully saturated rings. The van der Waals surface area contributed by atoms with E-state index in [1.807, 2.05) is 42.5 Å². The third-order valence-corrected chi connectivity index (χ3v) is 4.14. The first-order valence-corrected chi connectivity index (χ1v) is 7.88. The molecular formula is C15H14BrNO3S. The smallest absolute Gasteiger partial charge is 0.270 e. The monoisotopic (exact) mass is 367 g/mol. The number of carbonyl (C=O) groups excluding carboxylic acids is 1. The highest BCUT2D eigenvalue weighted by Gasteiger charge is 2.07. The molecule has 0 aliphatic carbocycles. The van der Waals surface area contributed by atoms with E-state index in [-0.39, 0.29) is 13.2 Å². The maximum atomic E-state index is 11.7. The van der Waals surface area contributed by atoms with E-state index < -0.39 is 5.91 Å². The molecule has 0 saturated heterocycles. The maximum Gasteiger partial charge on any atom is 0.270 e. The fraction of sp³-hybridized carbons (Fsp3) is 0.133. The van der Waals surface area contributed by atoms with Gasteiger partial charge in [0.15, 0.2) is 0 Å². The second-order valence-electron chi connectivity index (χ2n) is 4.10. The van der Waals surface area contributed by atoms with Crippen LogP contribution in [-0.2, 0) is 4.79 Å². The Morgan fingerprint density at radius 2 is 2.05 bits per heavy atom. The van der Waals surface area contributed by atoms with Crippen LogP contribution in [0.2, 0.25) is 0 Å². The summed E-state index contributed by atoms with van der Waals surface area (Å²) in [6.07, 6.45) is 3.00. The fourth-order valence-electron chi connectivity index (χ4n) is 1.53. The molecule has 0 saturated carbocycles. The van der Waals surface area contributed by atoms with Crippen LogP contribution in [0.3, 0.4) is 0 Å². The molecule has 0 unspecified atom stereocenters. The third-order valence-electron chi connectivity index (χ3n) is 2.55. The van der Waals surface area contributed by atoms with Crippen LogP contribution in [0.25, 0.3) is 6.08 Å². The Balaban J connectivity index is 1.76. The third kappa shape index (κ3) is 5.34. The average Bonchev–Trinajstić information content (AvgIpc) is 2.91. The Bertz CT molecular complexity index is 612. The van der Waals surface area contributed by atoms with Gasteiger partial charge in [-0.2, -0.15) is 0 Å². The largest absolute Gasteiger partial charge is 0.492 e. The van der Waals surface area contributed by atoms with E-state index in [1.165, 1.54) is 17.4 Å². The number of hydrogen-bond donors (Lipinski definition) is 1. The lowest BCUT2D eigenvalue weighted by atomic mass is 10.3. The predicted octanol–water partition coefficient (Wildman–Crippen LogP) is 3.82. The van der Waals surface area contributed by atoms with Crippen molar-refractivity contribution in [3.05, 3.63) is 57.2 Å². The van der Waals surface area contributed by atoms with Gasteiger partial charge in [0.25, 0.3) is 5.91 Å². The second-order valence-corrected chi connectivity index (χ2v) is 6.59. The number of thiophene rings is 1. The van der Waals surface area contributed by atoms with Crippen LogP contribution >= 0.6 is 27.3 Å². The van der Waals surface area contributed by atoms with Gasteiger partial charge in [-0.05, 0) is 46.3 Å². The van der Waals surface area contributed by atoms with Gasteiger partial charge in [-0.25, -0.2) is 5.06 Å². The van der Waals surface area contributed by atoms with E-state index in [2.05, 4.69) is 15.9 Å². The summed E-state index contributed by atoms with van der Waals surface area (Å²) < 4.78 is 6.40. The Kier molecular flexibility index (Phi) is 5.98. The van der Waals surface area contributed by atoms with Crippen molar-refractivity contribution >= 4 is 39.2 Å². The zero-order valence-electron chi connectivity index (χ0n) is 11.1. The summed E-state index contributed by atoms with van der Waals surface area (Å²) in [5, 5.41) is 10.3. The molecule has 2 rings (SSSR count). The van der Waals surface area contributed by atoms with E-state index in [9.17, 15) is 10.0 Å². The van der Waals surface area contributed by atoms with Crippen molar-refractivity contribution in [3.8, 4) is 5.75 Å². The molecule has 2 aromatic rings. The van der Waals surface area contributed by atoms with Gasteiger partial charge in [0.05, 0.1) is 10.3 Å². The molecule has 1 amide bonds. The number of hydrogen-bond acceptors (Lipinski definition) is 4. The topological polar surface area (TPSA) is 49.8 Å². The van der Waals surface area contributed by atoms with E-state index in [1.54, 1.807) is 6.08 Å². The van der Waals surface area contributed by atoms with Gasteiger partial charge in [0.2, 0.25) is 0 Å². The van der Waals surface area contributed by atoms with Crippen molar-refractivity contribution in [1.82, 2.24) is 5.06 Å². The number of halogens is 1. The summed E-state index contributed by atoms with van der Waals surface area (Å²) in [4.78, 5) is 12.6. The normalized spacial score (nSPS) is 10.8. The molecule has 0 radical (unpaired) electrons. The second kappa shape index (κ2) is 7.97. The zero-order chi connectivity index (χ0) is 15.1. The SMILES string of the molecule is O=C(/C=C/c1ccc(Br)s1)N(O)CCOc1ccccc1. The highest BCUT2D eigenvalue weighted by molar-refractivity contribution is 9.11. The molecular weight excluding hydrogens is 354 g/mol. The Labute approximate surface area is 135 Å². The van der Waals surface area contributed by atoms with Crippen LogP contribution in [0, 0.1) is 0 Å². The molecule has 21 heavy (non-hydrogen) atoms. The molecule has 0 aliphatic heterocycles. The molecule has 1 N–H and O–H groups in total. The van der Waals surface area contributed by atoms with Crippen LogP contribution in [0.15, 0.2) is 52.3 Å². The lowest BCUT2D eigenvalue weighted by Crippen LogP contribution is -2.30. The minimum absolute atomic E-state index is 0.103. The molecule has 6 heteroatoms. The summed E-state index contributed by atoms with van der Waals surface area (Å²) in [7, 11) is 0. The molecule has 0 spiro atoms. The summed E-state index contributed by atoms with van der Waals surface area (Å²) in [6.45, 7) is 0.330. The summed E-state index contributed by atoms with van der Waals surface area (Å²) in [5.41, 5.74) is 0. The first kappa shape index (κ1) is 15.8. The van der Waals surface area contributed by atoms with E-state index in [4.69, 9.17) is 4.74 Å². The number of carbonyl (C=O) groups is 1. The van der Waals surface area contributed by atoms with Gasteiger partial charge in [0.1, 0.15) is 12.4 Å². The van der Waals surface area contributed by atoms with Crippen molar-refractivity contribution in [1.29, 1.82) is 0 Å². The lowest BCUT2D eigenvalue weighted by molar-refractivity contribution is -0.160. The fourth-order valence-corrected chi connectivity index (χ4v) is 2.86. The number of hydroxylamine groups is 2. The highest BCUT2D eigenvalue weighted by Crippen LogP contribution is 2.22. The van der Waals surface area contributed by atoms with Crippen LogP contribution in [-0.4, -0.2) is 29.3 Å². The summed E-state index contributed by atoms with van der Waals surface area (Å²) >= 11 is 4.86. The number of amides is 1. The van der Waals surface area contributed by atoms with Crippen LogP contribution in [0.1, 0.15) is 4.88 Å². The van der Waals surface area contributed by atoms with Crippen molar-refractivity contribution in [2.24, 2.45) is 0 Å². The molecule has 110 valence electrons. The van der Waals surface area contributed by atoms with Gasteiger partial charge in [-0.1, -0.05) is 18.2 Å². The van der Waals surface area contributed by atoms with Crippen molar-refractivity contribution < 1.29 is 14.7 Å². The number of para-hydroxylation sites is 1. The van der Waals surface area contributed by atoms with Gasteiger partial charge in [0, 0.05) is 11.0 Å². The Morgan fingerprint density at radius 1 is 1.29 bits per heavy atom. The van der Waals surface area contributed by atoms with Crippen molar-refractivity contribution in [2.75, 3.05) is 13.2 Å². The maximum absolute atomic E-state index is 11.7. The summed E-state index contributed by atoms with van der Waals surface area (Å²) in [5.74, 6) is 0.230. The molecule has 0 atom stereocenters. The number of ether oxygens (including phenoxy) is 1. The minimum atomic E-state index is -0.476. The zero-order valence-corrected chi connectivity index (χ0v) is 13.5. The standard InChI is InChI=1S/C15H14BrNO3S/c16-14-8-6-13(21-14)7-9-15(18)17(19)10-11-20-12-4-2-1-3-5-12/h1-9,19H,10-11H2/b9-7+. The molecule has 4 nitrogen and oxygen atoms in total. The first-order chi connectivity index (χ1) is 10.1. The number of rotatable bonds is 6.